The van der Waals surface area contributed by atoms with E-state index in [0.29, 0.717) is 17.4 Å². The fourth-order valence-corrected chi connectivity index (χ4v) is 8.08. The molecule has 0 spiro atoms. The fraction of sp³-hybridized carbons (Fsp3) is 0.755. The number of nitrogens with zero attached hydrogens (tertiary/aromatic N) is 1. The molecule has 0 aromatic carbocycles. The van der Waals surface area contributed by atoms with Crippen molar-refractivity contribution in [3.05, 3.63) is 60.9 Å². The molecule has 63 heavy (non-hydrogen) atoms. The summed E-state index contributed by atoms with van der Waals surface area (Å²) in [6.07, 6.45) is 42.3. The number of phosphoric acid groups is 1. The molecule has 5 N–H and O–H groups in total. The van der Waals surface area contributed by atoms with Gasteiger partial charge in [0.25, 0.3) is 0 Å². The maximum atomic E-state index is 13.0. The molecular weight excluding hydrogens is 840 g/mol. The number of esters is 1. The van der Waals surface area contributed by atoms with Gasteiger partial charge in [0.05, 0.1) is 40.1 Å². The van der Waals surface area contributed by atoms with Crippen molar-refractivity contribution >= 4 is 31.5 Å². The molecule has 14 heteroatoms. The number of likely N-dealkylation sites (N-methyl/N-ethyl adjacent to an activating group) is 1. The van der Waals surface area contributed by atoms with Gasteiger partial charge in [-0.25, -0.2) is 4.57 Å². The van der Waals surface area contributed by atoms with Gasteiger partial charge in [0.2, 0.25) is 0 Å². The summed E-state index contributed by atoms with van der Waals surface area (Å²) in [7, 11) is 1.41. The summed E-state index contributed by atoms with van der Waals surface area (Å²) >= 11 is 1.27. The topological polar surface area (TPSA) is 175 Å². The molecule has 1 unspecified atom stereocenters. The molecule has 0 rings (SSSR count). The minimum Gasteiger partial charge on any atom is -0.492 e. The highest BCUT2D eigenvalue weighted by Gasteiger charge is 2.27. The van der Waals surface area contributed by atoms with Crippen molar-refractivity contribution in [1.82, 2.24) is 0 Å². The number of quaternary nitrogens is 1. The lowest BCUT2D eigenvalue weighted by molar-refractivity contribution is -0.870. The van der Waals surface area contributed by atoms with Crippen LogP contribution in [0.3, 0.4) is 0 Å². The molecule has 0 aliphatic heterocycles. The van der Waals surface area contributed by atoms with Crippen LogP contribution >= 0.6 is 19.6 Å². The van der Waals surface area contributed by atoms with Gasteiger partial charge in [-0.3, -0.25) is 18.6 Å². The van der Waals surface area contributed by atoms with Crippen LogP contribution in [0, 0.1) is 0 Å². The van der Waals surface area contributed by atoms with Crippen molar-refractivity contribution in [2.24, 2.45) is 5.73 Å². The van der Waals surface area contributed by atoms with Crippen LogP contribution < -0.4 is 5.73 Å². The van der Waals surface area contributed by atoms with E-state index >= 15 is 0 Å². The second-order valence-corrected chi connectivity index (χ2v) is 20.1. The van der Waals surface area contributed by atoms with Crippen LogP contribution in [-0.4, -0.2) is 108 Å². The second-order valence-electron chi connectivity index (χ2n) is 17.4. The van der Waals surface area contributed by atoms with E-state index < -0.39 is 43.3 Å². The van der Waals surface area contributed by atoms with E-state index in [4.69, 9.17) is 29.4 Å². The fourth-order valence-electron chi connectivity index (χ4n) is 6.21. The molecule has 0 aromatic rings. The number of nitrogens with two attached hydrogens (primary N) is 1. The van der Waals surface area contributed by atoms with Gasteiger partial charge in [0.15, 0.2) is 6.10 Å². The van der Waals surface area contributed by atoms with Crippen molar-refractivity contribution < 1.29 is 52.3 Å². The van der Waals surface area contributed by atoms with Crippen LogP contribution in [0.5, 0.6) is 0 Å². The number of aliphatic carboxylic acids is 1. The predicted octanol–water partition coefficient (Wildman–Crippen LogP) is 11.4. The number of carbonyl (C=O) groups is 2. The molecule has 0 saturated heterocycles. The average molecular weight is 930 g/mol. The number of allylic oxidation sites excluding steroid dienone is 8. The number of thioether (sulfide) groups is 1. The first-order chi connectivity index (χ1) is 30.2. The molecule has 0 aliphatic rings. The molecule has 0 fully saturated rings. The number of carboxylic acid groups (broad SMARTS) is 1. The highest BCUT2D eigenvalue weighted by molar-refractivity contribution is 8.00. The molecule has 12 nitrogen and oxygen atoms in total. The molecule has 0 saturated carbocycles. The first-order valence-electron chi connectivity index (χ1n) is 24.0. The maximum Gasteiger partial charge on any atom is 0.472 e. The van der Waals surface area contributed by atoms with Crippen molar-refractivity contribution in [1.29, 1.82) is 0 Å². The van der Waals surface area contributed by atoms with Gasteiger partial charge in [-0.1, -0.05) is 159 Å². The third-order valence-corrected chi connectivity index (χ3v) is 12.6. The number of hydrogen-bond donors (Lipinski definition) is 4. The molecular formula is C49H90N2O10PS+. The Morgan fingerprint density at radius 3 is 1.92 bits per heavy atom. The number of hydrogen-bond acceptors (Lipinski definition) is 10. The van der Waals surface area contributed by atoms with Crippen LogP contribution in [0.1, 0.15) is 162 Å². The molecule has 0 radical (unpaired) electrons. The zero-order valence-corrected chi connectivity index (χ0v) is 41.7. The number of aliphatic hydroxyl groups excluding tert-OH is 1. The zero-order chi connectivity index (χ0) is 46.9. The Morgan fingerprint density at radius 1 is 0.730 bits per heavy atom. The van der Waals surface area contributed by atoms with Gasteiger partial charge in [0, 0.05) is 17.4 Å². The van der Waals surface area contributed by atoms with E-state index in [1.54, 1.807) is 0 Å². The Kier molecular flexibility index (Phi) is 39.8. The van der Waals surface area contributed by atoms with Crippen LogP contribution in [-0.2, 0) is 32.7 Å². The number of carboxylic acids is 1. The van der Waals surface area contributed by atoms with E-state index in [-0.39, 0.29) is 38.4 Å². The normalized spacial score (nSPS) is 15.5. The number of carbonyl (C=O) groups excluding carboxylic acids is 1. The Morgan fingerprint density at radius 2 is 1.30 bits per heavy atom. The SMILES string of the molecule is CCCCC/C=C\C\C=C/C=C/C=C/[C@@H](SC[C@H](N)C(=O)OC[C@H](COP(=O)(O)OCC[N+](C)(C)C)O/C=C/CCCCCCCCCCCCCCCC)[C@@H](O)CCCC(=O)O. The summed E-state index contributed by atoms with van der Waals surface area (Å²) in [5, 5.41) is 19.5. The smallest absolute Gasteiger partial charge is 0.472 e. The number of rotatable bonds is 44. The quantitative estimate of drug-likeness (QED) is 0.00867. The summed E-state index contributed by atoms with van der Waals surface area (Å²) in [5.74, 6) is -1.52. The first-order valence-corrected chi connectivity index (χ1v) is 26.6. The molecule has 366 valence electrons. The Hall–Kier alpha value is -2.22. The zero-order valence-electron chi connectivity index (χ0n) is 40.0. The van der Waals surface area contributed by atoms with Gasteiger partial charge in [-0.15, -0.1) is 11.8 Å². The van der Waals surface area contributed by atoms with E-state index in [2.05, 4.69) is 32.1 Å². The molecule has 0 bridgehead atoms. The van der Waals surface area contributed by atoms with Crippen molar-refractivity contribution in [2.45, 2.75) is 185 Å². The van der Waals surface area contributed by atoms with Gasteiger partial charge in [-0.2, -0.15) is 0 Å². The molecule has 0 aliphatic carbocycles. The lowest BCUT2D eigenvalue weighted by Crippen LogP contribution is -2.38. The highest BCUT2D eigenvalue weighted by Crippen LogP contribution is 2.43. The molecule has 0 heterocycles. The first kappa shape index (κ1) is 60.8. The standard InChI is InChI=1S/C49H89N2O10PS/c1-6-8-10-12-14-16-18-20-21-22-23-25-27-29-31-33-39-58-44(42-61-62(56,57)60-40-38-51(3,4)5)41-59-49(55)45(50)43-63-47(46(52)35-34-37-48(53)54)36-32-30-28-26-24-19-17-15-13-11-9-7-2/h15,17,24,26,28,30,32-33,36,39,44-47,52H,6-14,16,18-23,25,27,29,31,34-35,37-38,40-43,50H2,1-5H3,(H-,53,54,56,57)/p+1/b17-15-,26-24-,30-28+,36-32+,39-33+/t44-,45+,46+,47-/m1/s1. The molecule has 0 aromatic heterocycles. The van der Waals surface area contributed by atoms with Gasteiger partial charge in [-0.05, 0) is 51.0 Å². The summed E-state index contributed by atoms with van der Waals surface area (Å²) in [4.78, 5) is 34.4. The minimum absolute atomic E-state index is 0.0122. The van der Waals surface area contributed by atoms with Crippen molar-refractivity contribution in [3.63, 3.8) is 0 Å². The van der Waals surface area contributed by atoms with Crippen molar-refractivity contribution in [2.75, 3.05) is 53.3 Å². The minimum atomic E-state index is -4.40. The lowest BCUT2D eigenvalue weighted by Gasteiger charge is -2.24. The third-order valence-electron chi connectivity index (χ3n) is 10.2. The summed E-state index contributed by atoms with van der Waals surface area (Å²) in [6.45, 7) is 4.30. The number of phosphoric ester groups is 1. The summed E-state index contributed by atoms with van der Waals surface area (Å²) in [6, 6.07) is -1.05. The predicted molar refractivity (Wildman–Crippen MR) is 262 cm³/mol. The third kappa shape index (κ3) is 42.2. The lowest BCUT2D eigenvalue weighted by atomic mass is 10.0. The highest BCUT2D eigenvalue weighted by atomic mass is 32.2. The average Bonchev–Trinajstić information content (AvgIpc) is 3.23. The Bertz CT molecular complexity index is 1320. The number of aliphatic hydroxyl groups is 1. The largest absolute Gasteiger partial charge is 0.492 e. The van der Waals surface area contributed by atoms with Crippen LogP contribution in [0.25, 0.3) is 0 Å². The maximum absolute atomic E-state index is 13.0. The van der Waals surface area contributed by atoms with Crippen LogP contribution in [0.15, 0.2) is 60.9 Å². The van der Waals surface area contributed by atoms with Crippen LogP contribution in [0.4, 0.5) is 0 Å². The van der Waals surface area contributed by atoms with E-state index in [9.17, 15) is 24.2 Å². The van der Waals surface area contributed by atoms with Crippen LogP contribution in [0.2, 0.25) is 0 Å². The number of ether oxygens (including phenoxy) is 2. The van der Waals surface area contributed by atoms with Gasteiger partial charge >= 0.3 is 19.8 Å². The Balaban J connectivity index is 5.14. The van der Waals surface area contributed by atoms with Gasteiger partial charge in [0.1, 0.15) is 25.8 Å². The second kappa shape index (κ2) is 41.2. The molecule has 5 atom stereocenters. The Labute approximate surface area is 387 Å². The summed E-state index contributed by atoms with van der Waals surface area (Å²) in [5.41, 5.74) is 6.24. The van der Waals surface area contributed by atoms with E-state index in [1.165, 1.54) is 114 Å². The number of unbranched alkanes of at least 4 members (excludes halogenated alkanes) is 17. The van der Waals surface area contributed by atoms with Gasteiger partial charge < -0.3 is 34.8 Å². The van der Waals surface area contributed by atoms with Crippen molar-refractivity contribution in [3.8, 4) is 0 Å². The van der Waals surface area contributed by atoms with E-state index in [0.717, 1.165) is 32.1 Å². The monoisotopic (exact) mass is 930 g/mol. The summed E-state index contributed by atoms with van der Waals surface area (Å²) < 4.78 is 34.9. The molecule has 0 amide bonds. The van der Waals surface area contributed by atoms with E-state index in [1.807, 2.05) is 57.6 Å².